The number of rotatable bonds is 5. The number of thiocarbonyl (C=S) groups is 2. The summed E-state index contributed by atoms with van der Waals surface area (Å²) in [5.41, 5.74) is -1.21. The molecule has 0 atom stereocenters. The maximum atomic E-state index is 4.80. The molecule has 1 aromatic rings. The van der Waals surface area contributed by atoms with Crippen LogP contribution in [0.5, 0.6) is 0 Å². The van der Waals surface area contributed by atoms with Gasteiger partial charge in [-0.3, -0.25) is 0 Å². The van der Waals surface area contributed by atoms with Crippen molar-refractivity contribution in [1.29, 1.82) is 0 Å². The molecule has 0 saturated heterocycles. The Hall–Kier alpha value is -1.00. The Balaban J connectivity index is 2.29. The van der Waals surface area contributed by atoms with Crippen molar-refractivity contribution in [3.63, 3.8) is 0 Å². The highest BCUT2D eigenvalue weighted by Crippen LogP contribution is 2.47. The van der Waals surface area contributed by atoms with E-state index in [1.165, 1.54) is 4.90 Å². The van der Waals surface area contributed by atoms with Gasteiger partial charge >= 0.3 is 0 Å². The van der Waals surface area contributed by atoms with Gasteiger partial charge in [0.15, 0.2) is 5.66 Å². The molecule has 0 heterocycles. The van der Waals surface area contributed by atoms with E-state index >= 15 is 0 Å². The van der Waals surface area contributed by atoms with E-state index in [9.17, 15) is 0 Å². The Kier molecular flexibility index (Phi) is 5.93. The maximum Gasteiger partial charge on any atom is 0.197 e. The van der Waals surface area contributed by atoms with Crippen molar-refractivity contribution in [3.05, 3.63) is 53.5 Å². The Bertz CT molecular complexity index is 676. The Morgan fingerprint density at radius 1 is 1.00 bits per heavy atom. The minimum atomic E-state index is -0.870. The molecule has 0 aromatic heterocycles. The van der Waals surface area contributed by atoms with Gasteiger partial charge in [-0.15, -0.1) is 0 Å². The lowest BCUT2D eigenvalue weighted by atomic mass is 9.76. The predicted molar refractivity (Wildman–Crippen MR) is 104 cm³/mol. The van der Waals surface area contributed by atoms with Crippen LogP contribution in [0.4, 0.5) is 0 Å². The van der Waals surface area contributed by atoms with Crippen LogP contribution >= 0.6 is 46.0 Å². The van der Waals surface area contributed by atoms with Crippen LogP contribution in [0, 0.1) is 5.41 Å². The zero-order chi connectivity index (χ0) is 16.1. The molecule has 0 N–H and O–H groups in total. The first-order valence-electron chi connectivity index (χ1n) is 6.53. The highest BCUT2D eigenvalue weighted by atomic mass is 33.1. The molecular formula is C16H14N2S4. The Labute approximate surface area is 149 Å². The average molecular weight is 363 g/mol. The van der Waals surface area contributed by atoms with Gasteiger partial charge in [0.25, 0.3) is 0 Å². The molecule has 0 radical (unpaired) electrons. The third-order valence-corrected chi connectivity index (χ3v) is 5.95. The molecule has 112 valence electrons. The van der Waals surface area contributed by atoms with E-state index in [1.807, 2.05) is 38.1 Å². The smallest absolute Gasteiger partial charge is 0.196 e. The van der Waals surface area contributed by atoms with Crippen LogP contribution in [0.1, 0.15) is 13.8 Å². The number of aliphatic imine (C=N–C) groups is 2. The second-order valence-corrected chi connectivity index (χ2v) is 7.86. The summed E-state index contributed by atoms with van der Waals surface area (Å²) in [6, 6.07) is 10.2. The van der Waals surface area contributed by atoms with Crippen LogP contribution in [-0.2, 0) is 0 Å². The van der Waals surface area contributed by atoms with Crippen molar-refractivity contribution in [3.8, 4) is 0 Å². The van der Waals surface area contributed by atoms with E-state index in [0.717, 1.165) is 4.91 Å². The number of hydrogen-bond acceptors (Lipinski definition) is 6. The SMILES string of the molecule is CC1(C)C=CC(SSc2ccccc2)=CC1(N=C=S)N=C=S. The van der Waals surface area contributed by atoms with Gasteiger partial charge in [0.05, 0.1) is 10.3 Å². The van der Waals surface area contributed by atoms with E-state index in [2.05, 4.69) is 44.6 Å². The summed E-state index contributed by atoms with van der Waals surface area (Å²) in [5.74, 6) is 0. The summed E-state index contributed by atoms with van der Waals surface area (Å²) in [7, 11) is 3.34. The van der Waals surface area contributed by atoms with Crippen LogP contribution in [0.2, 0.25) is 0 Å². The second-order valence-electron chi connectivity index (χ2n) is 5.21. The second kappa shape index (κ2) is 7.51. The molecule has 1 aliphatic rings. The van der Waals surface area contributed by atoms with Crippen LogP contribution < -0.4 is 0 Å². The minimum absolute atomic E-state index is 0.341. The highest BCUT2D eigenvalue weighted by molar-refractivity contribution is 8.78. The number of isothiocyanates is 2. The summed E-state index contributed by atoms with van der Waals surface area (Å²) in [4.78, 5) is 10.8. The lowest BCUT2D eigenvalue weighted by Gasteiger charge is -2.37. The molecular weight excluding hydrogens is 348 g/mol. The molecule has 1 aromatic carbocycles. The zero-order valence-corrected chi connectivity index (χ0v) is 15.4. The van der Waals surface area contributed by atoms with E-state index in [0.29, 0.717) is 0 Å². The van der Waals surface area contributed by atoms with Crippen LogP contribution in [0.15, 0.2) is 68.3 Å². The van der Waals surface area contributed by atoms with Gasteiger partial charge < -0.3 is 0 Å². The molecule has 0 amide bonds. The maximum absolute atomic E-state index is 4.80. The fourth-order valence-electron chi connectivity index (χ4n) is 1.99. The van der Waals surface area contributed by atoms with Gasteiger partial charge in [-0.05, 0) is 42.6 Å². The summed E-state index contributed by atoms with van der Waals surface area (Å²) in [6.45, 7) is 4.08. The van der Waals surface area contributed by atoms with Crippen molar-refractivity contribution in [1.82, 2.24) is 0 Å². The van der Waals surface area contributed by atoms with Crippen LogP contribution in [0.25, 0.3) is 0 Å². The van der Waals surface area contributed by atoms with Gasteiger partial charge in [-0.25, -0.2) is 0 Å². The average Bonchev–Trinajstić information content (AvgIpc) is 2.50. The summed E-state index contributed by atoms with van der Waals surface area (Å²) in [5, 5.41) is 4.89. The van der Waals surface area contributed by atoms with Gasteiger partial charge in [0.2, 0.25) is 0 Å². The third-order valence-electron chi connectivity index (χ3n) is 3.37. The Morgan fingerprint density at radius 2 is 1.64 bits per heavy atom. The molecule has 6 heteroatoms. The monoisotopic (exact) mass is 362 g/mol. The summed E-state index contributed by atoms with van der Waals surface area (Å²) < 4.78 is 0. The van der Waals surface area contributed by atoms with Crippen LogP contribution in [0.3, 0.4) is 0 Å². The van der Waals surface area contributed by atoms with E-state index in [-0.39, 0.29) is 5.41 Å². The van der Waals surface area contributed by atoms with Crippen molar-refractivity contribution in [2.45, 2.75) is 24.4 Å². The van der Waals surface area contributed by atoms with Gasteiger partial charge in [-0.1, -0.05) is 65.8 Å². The largest absolute Gasteiger partial charge is 0.197 e. The third kappa shape index (κ3) is 3.85. The topological polar surface area (TPSA) is 24.7 Å². The lowest BCUT2D eigenvalue weighted by Crippen LogP contribution is -2.39. The lowest BCUT2D eigenvalue weighted by molar-refractivity contribution is 0.296. The summed E-state index contributed by atoms with van der Waals surface area (Å²) in [6.07, 6.45) is 6.14. The fraction of sp³-hybridized carbons (Fsp3) is 0.250. The molecule has 2 nitrogen and oxygen atoms in total. The van der Waals surface area contributed by atoms with Gasteiger partial charge in [-0.2, -0.15) is 9.98 Å². The molecule has 1 aliphatic carbocycles. The predicted octanol–water partition coefficient (Wildman–Crippen LogP) is 5.81. The quantitative estimate of drug-likeness (QED) is 0.375. The van der Waals surface area contributed by atoms with E-state index < -0.39 is 5.66 Å². The molecule has 2 rings (SSSR count). The van der Waals surface area contributed by atoms with Crippen molar-refractivity contribution < 1.29 is 0 Å². The first kappa shape index (κ1) is 17.4. The van der Waals surface area contributed by atoms with Crippen molar-refractivity contribution in [2.75, 3.05) is 0 Å². The molecule has 0 fully saturated rings. The molecule has 0 saturated carbocycles. The number of nitrogens with zero attached hydrogens (tertiary/aromatic N) is 2. The van der Waals surface area contributed by atoms with Gasteiger partial charge in [0, 0.05) is 15.2 Å². The zero-order valence-electron chi connectivity index (χ0n) is 12.1. The minimum Gasteiger partial charge on any atom is -0.196 e. The molecule has 0 unspecified atom stereocenters. The normalized spacial score (nSPS) is 22.2. The van der Waals surface area contributed by atoms with Crippen molar-refractivity contribution in [2.24, 2.45) is 15.4 Å². The molecule has 0 spiro atoms. The van der Waals surface area contributed by atoms with Gasteiger partial charge in [0.1, 0.15) is 0 Å². The molecule has 22 heavy (non-hydrogen) atoms. The fourth-order valence-corrected chi connectivity index (χ4v) is 4.28. The highest BCUT2D eigenvalue weighted by Gasteiger charge is 2.44. The number of benzene rings is 1. The van der Waals surface area contributed by atoms with E-state index in [4.69, 9.17) is 24.4 Å². The first-order chi connectivity index (χ1) is 10.5. The molecule has 0 aliphatic heterocycles. The Morgan fingerprint density at radius 3 is 2.23 bits per heavy atom. The number of allylic oxidation sites excluding steroid dienone is 1. The number of hydrogen-bond donors (Lipinski definition) is 0. The van der Waals surface area contributed by atoms with Crippen molar-refractivity contribution >= 4 is 56.3 Å². The molecule has 0 bridgehead atoms. The summed E-state index contributed by atoms with van der Waals surface area (Å²) >= 11 is 9.60. The standard InChI is InChI=1S/C16H14N2S4/c1-15(2)9-8-14(10-16(15,17-11-19)18-12-20)22-21-13-6-4-3-5-7-13/h3-10H,1-2H3. The van der Waals surface area contributed by atoms with Crippen LogP contribution in [-0.4, -0.2) is 16.0 Å². The first-order valence-corrected chi connectivity index (χ1v) is 9.49. The van der Waals surface area contributed by atoms with E-state index in [1.54, 1.807) is 21.6 Å².